The summed E-state index contributed by atoms with van der Waals surface area (Å²) in [6.45, 7) is 1.70. The number of benzene rings is 1. The maximum atomic E-state index is 12.7. The molecule has 0 aliphatic rings. The summed E-state index contributed by atoms with van der Waals surface area (Å²) in [5, 5.41) is 2.70. The Kier molecular flexibility index (Phi) is 6.14. The molecule has 0 atom stereocenters. The fraction of sp³-hybridized carbons (Fsp3) is 0.353. The lowest BCUT2D eigenvalue weighted by atomic mass is 10.1. The zero-order valence-electron chi connectivity index (χ0n) is 15.1. The van der Waals surface area contributed by atoms with E-state index in [1.807, 2.05) is 0 Å². The van der Waals surface area contributed by atoms with Crippen molar-refractivity contribution >= 4 is 21.6 Å². The second-order valence-corrected chi connectivity index (χ2v) is 7.64. The van der Waals surface area contributed by atoms with Gasteiger partial charge in [-0.3, -0.25) is 9.10 Å². The molecule has 0 fully saturated rings. The number of carbonyl (C=O) groups is 1. The summed E-state index contributed by atoms with van der Waals surface area (Å²) in [5.74, 6) is 0.654. The summed E-state index contributed by atoms with van der Waals surface area (Å²) >= 11 is 0. The number of ether oxygens (including phenoxy) is 2. The van der Waals surface area contributed by atoms with Gasteiger partial charge in [0.1, 0.15) is 5.76 Å². The predicted molar refractivity (Wildman–Crippen MR) is 97.3 cm³/mol. The first-order valence-corrected chi connectivity index (χ1v) is 9.48. The number of methoxy groups -OCH3 is 2. The van der Waals surface area contributed by atoms with Crippen molar-refractivity contribution in [1.29, 1.82) is 0 Å². The molecule has 142 valence electrons. The van der Waals surface area contributed by atoms with E-state index in [4.69, 9.17) is 13.9 Å². The van der Waals surface area contributed by atoms with Gasteiger partial charge in [0.2, 0.25) is 10.0 Å². The Bertz CT molecular complexity index is 862. The Morgan fingerprint density at radius 2 is 1.88 bits per heavy atom. The van der Waals surface area contributed by atoms with Crippen LogP contribution in [0, 0.1) is 0 Å². The first kappa shape index (κ1) is 19.6. The van der Waals surface area contributed by atoms with Gasteiger partial charge in [-0.2, -0.15) is 0 Å². The van der Waals surface area contributed by atoms with E-state index in [1.165, 1.54) is 46.6 Å². The third-order valence-electron chi connectivity index (χ3n) is 3.87. The lowest BCUT2D eigenvalue weighted by Gasteiger charge is -2.23. The zero-order chi connectivity index (χ0) is 19.3. The topological polar surface area (TPSA) is 98.1 Å². The molecule has 0 bridgehead atoms. The van der Waals surface area contributed by atoms with Crippen LogP contribution < -0.4 is 19.1 Å². The van der Waals surface area contributed by atoms with Crippen LogP contribution in [0.3, 0.4) is 0 Å². The lowest BCUT2D eigenvalue weighted by Crippen LogP contribution is -2.31. The molecule has 0 aliphatic heterocycles. The molecular weight excluding hydrogens is 360 g/mol. The van der Waals surface area contributed by atoms with Crippen molar-refractivity contribution in [2.24, 2.45) is 0 Å². The predicted octanol–water partition coefficient (Wildman–Crippen LogP) is 2.01. The Morgan fingerprint density at radius 3 is 2.42 bits per heavy atom. The van der Waals surface area contributed by atoms with E-state index in [2.05, 4.69) is 5.32 Å². The van der Waals surface area contributed by atoms with Crippen molar-refractivity contribution in [3.8, 4) is 11.5 Å². The average Bonchev–Trinajstić information content (AvgIpc) is 3.17. The minimum atomic E-state index is -3.57. The Morgan fingerprint density at radius 1 is 1.23 bits per heavy atom. The molecule has 2 aromatic rings. The summed E-state index contributed by atoms with van der Waals surface area (Å²) in [4.78, 5) is 12.7. The molecular formula is C17H22N2O6S. The maximum Gasteiger partial charge on any atom is 0.253 e. The van der Waals surface area contributed by atoms with Crippen LogP contribution in [0.25, 0.3) is 0 Å². The molecule has 1 aromatic heterocycles. The number of nitrogens with zero attached hydrogens (tertiary/aromatic N) is 1. The van der Waals surface area contributed by atoms with Gasteiger partial charge in [-0.05, 0) is 25.1 Å². The second-order valence-electron chi connectivity index (χ2n) is 5.35. The summed E-state index contributed by atoms with van der Waals surface area (Å²) in [5.41, 5.74) is 0.343. The van der Waals surface area contributed by atoms with Crippen molar-refractivity contribution in [1.82, 2.24) is 5.32 Å². The number of hydrogen-bond acceptors (Lipinski definition) is 6. The fourth-order valence-corrected chi connectivity index (χ4v) is 3.17. The third kappa shape index (κ3) is 4.10. The number of rotatable bonds is 8. The van der Waals surface area contributed by atoms with Gasteiger partial charge in [-0.15, -0.1) is 0 Å². The molecule has 1 amide bonds. The molecule has 0 spiro atoms. The normalized spacial score (nSPS) is 11.1. The molecule has 2 rings (SSSR count). The van der Waals surface area contributed by atoms with E-state index >= 15 is 0 Å². The van der Waals surface area contributed by atoms with Gasteiger partial charge in [-0.1, -0.05) is 0 Å². The highest BCUT2D eigenvalue weighted by atomic mass is 32.2. The molecule has 0 saturated carbocycles. The van der Waals surface area contributed by atoms with E-state index in [0.29, 0.717) is 17.3 Å². The van der Waals surface area contributed by atoms with Crippen molar-refractivity contribution in [3.05, 3.63) is 41.9 Å². The van der Waals surface area contributed by atoms with Gasteiger partial charge in [0.25, 0.3) is 5.91 Å². The molecule has 1 aromatic carbocycles. The smallest absolute Gasteiger partial charge is 0.253 e. The quantitative estimate of drug-likeness (QED) is 0.750. The fourth-order valence-electron chi connectivity index (χ4n) is 2.33. The number of carbonyl (C=O) groups excluding carboxylic acids is 1. The summed E-state index contributed by atoms with van der Waals surface area (Å²) in [6.07, 6.45) is 1.50. The average molecular weight is 382 g/mol. The monoisotopic (exact) mass is 382 g/mol. The van der Waals surface area contributed by atoms with Crippen LogP contribution >= 0.6 is 0 Å². The van der Waals surface area contributed by atoms with Gasteiger partial charge < -0.3 is 19.2 Å². The van der Waals surface area contributed by atoms with Crippen molar-refractivity contribution in [3.63, 3.8) is 0 Å². The SMILES string of the molecule is CCS(=O)(=O)N(C)c1cc(OC)c(OC)cc1C(=O)NCc1ccco1. The molecule has 0 aliphatic carbocycles. The molecule has 1 heterocycles. The van der Waals surface area contributed by atoms with E-state index in [-0.39, 0.29) is 23.5 Å². The van der Waals surface area contributed by atoms with Crippen LogP contribution in [0.2, 0.25) is 0 Å². The van der Waals surface area contributed by atoms with Crippen LogP contribution in [-0.2, 0) is 16.6 Å². The first-order valence-electron chi connectivity index (χ1n) is 7.87. The number of anilines is 1. The Labute approximate surface area is 152 Å². The lowest BCUT2D eigenvalue weighted by molar-refractivity contribution is 0.0948. The van der Waals surface area contributed by atoms with E-state index < -0.39 is 15.9 Å². The number of amides is 1. The van der Waals surface area contributed by atoms with Gasteiger partial charge in [0, 0.05) is 13.1 Å². The maximum absolute atomic E-state index is 12.7. The van der Waals surface area contributed by atoms with Gasteiger partial charge in [0.15, 0.2) is 11.5 Å². The van der Waals surface area contributed by atoms with Crippen LogP contribution in [0.15, 0.2) is 34.9 Å². The zero-order valence-corrected chi connectivity index (χ0v) is 15.9. The van der Waals surface area contributed by atoms with Crippen molar-refractivity contribution < 1.29 is 27.1 Å². The van der Waals surface area contributed by atoms with Crippen LogP contribution in [0.4, 0.5) is 5.69 Å². The highest BCUT2D eigenvalue weighted by molar-refractivity contribution is 7.92. The van der Waals surface area contributed by atoms with Crippen molar-refractivity contribution in [2.45, 2.75) is 13.5 Å². The van der Waals surface area contributed by atoms with E-state index in [1.54, 1.807) is 12.1 Å². The summed E-state index contributed by atoms with van der Waals surface area (Å²) in [7, 11) is 0.697. The molecule has 0 unspecified atom stereocenters. The standard InChI is InChI=1S/C17H22N2O6S/c1-5-26(21,22)19(2)14-10-16(24-4)15(23-3)9-13(14)17(20)18-11-12-7-6-8-25-12/h6-10H,5,11H2,1-4H3,(H,18,20). The van der Waals surface area contributed by atoms with E-state index in [0.717, 1.165) is 4.31 Å². The van der Waals surface area contributed by atoms with Crippen LogP contribution in [0.5, 0.6) is 11.5 Å². The molecule has 26 heavy (non-hydrogen) atoms. The summed E-state index contributed by atoms with van der Waals surface area (Å²) in [6, 6.07) is 6.36. The van der Waals surface area contributed by atoms with Crippen LogP contribution in [0.1, 0.15) is 23.0 Å². The third-order valence-corrected chi connectivity index (χ3v) is 5.63. The molecule has 1 N–H and O–H groups in total. The number of furan rings is 1. The van der Waals surface area contributed by atoms with Crippen LogP contribution in [-0.4, -0.2) is 41.3 Å². The molecule has 0 saturated heterocycles. The summed E-state index contributed by atoms with van der Waals surface area (Å²) < 4.78 is 41.3. The first-order chi connectivity index (χ1) is 12.3. The van der Waals surface area contributed by atoms with E-state index in [9.17, 15) is 13.2 Å². The minimum absolute atomic E-state index is 0.106. The Hall–Kier alpha value is -2.68. The number of nitrogens with one attached hydrogen (secondary N) is 1. The number of sulfonamides is 1. The highest BCUT2D eigenvalue weighted by Gasteiger charge is 2.25. The highest BCUT2D eigenvalue weighted by Crippen LogP contribution is 2.35. The van der Waals surface area contributed by atoms with Crippen molar-refractivity contribution in [2.75, 3.05) is 31.3 Å². The van der Waals surface area contributed by atoms with Gasteiger partial charge in [-0.25, -0.2) is 8.42 Å². The van der Waals surface area contributed by atoms with Gasteiger partial charge >= 0.3 is 0 Å². The Balaban J connectivity index is 2.45. The number of hydrogen-bond donors (Lipinski definition) is 1. The molecule has 0 radical (unpaired) electrons. The molecule has 8 nitrogen and oxygen atoms in total. The largest absolute Gasteiger partial charge is 0.493 e. The van der Waals surface area contributed by atoms with Gasteiger partial charge in [0.05, 0.1) is 44.0 Å². The second kappa shape index (κ2) is 8.13. The molecule has 9 heteroatoms. The minimum Gasteiger partial charge on any atom is -0.493 e.